The Bertz CT molecular complexity index is 1490. The molecule has 2 aliphatic heterocycles. The molecule has 3 aromatic rings. The second-order valence-corrected chi connectivity index (χ2v) is 10.1. The topological polar surface area (TPSA) is 269 Å². The summed E-state index contributed by atoms with van der Waals surface area (Å²) in [7, 11) is 0. The zero-order valence-corrected chi connectivity index (χ0v) is 22.1. The summed E-state index contributed by atoms with van der Waals surface area (Å²) in [4.78, 5) is 13.6. The largest absolute Gasteiger partial charge is 0.508 e. The molecule has 10 N–H and O–H groups in total. The van der Waals surface area contributed by atoms with Crippen LogP contribution >= 0.6 is 0 Å². The Balaban J connectivity index is 1.45. The van der Waals surface area contributed by atoms with Crippen molar-refractivity contribution >= 4 is 11.0 Å². The molecule has 0 spiro atoms. The first-order chi connectivity index (χ1) is 20.4. The first-order valence-corrected chi connectivity index (χ1v) is 13.0. The summed E-state index contributed by atoms with van der Waals surface area (Å²) in [6, 6.07) is 7.25. The maximum Gasteiger partial charge on any atom is 0.239 e. The summed E-state index contributed by atoms with van der Waals surface area (Å²) in [5, 5.41) is 101. The van der Waals surface area contributed by atoms with E-state index in [-0.39, 0.29) is 22.7 Å². The van der Waals surface area contributed by atoms with Crippen molar-refractivity contribution in [3.05, 3.63) is 46.6 Å². The number of aliphatic hydroxyl groups is 7. The van der Waals surface area contributed by atoms with Gasteiger partial charge < -0.3 is 74.4 Å². The summed E-state index contributed by atoms with van der Waals surface area (Å²) >= 11 is 0. The van der Waals surface area contributed by atoms with Crippen LogP contribution in [0, 0.1) is 0 Å². The lowest BCUT2D eigenvalue weighted by Crippen LogP contribution is -2.62. The average molecular weight is 611 g/mol. The highest BCUT2D eigenvalue weighted by atomic mass is 16.7. The van der Waals surface area contributed by atoms with Gasteiger partial charge in [0.05, 0.1) is 13.2 Å². The van der Waals surface area contributed by atoms with E-state index in [2.05, 4.69) is 0 Å². The van der Waals surface area contributed by atoms with Crippen LogP contribution in [0.5, 0.6) is 23.0 Å². The fourth-order valence-corrected chi connectivity index (χ4v) is 4.84. The van der Waals surface area contributed by atoms with Gasteiger partial charge in [0.15, 0.2) is 12.1 Å². The number of phenols is 3. The molecule has 10 atom stereocenters. The molecule has 16 nitrogen and oxygen atoms in total. The van der Waals surface area contributed by atoms with E-state index in [0.717, 1.165) is 12.1 Å². The van der Waals surface area contributed by atoms with Crippen molar-refractivity contribution in [3.8, 4) is 34.3 Å². The zero-order chi connectivity index (χ0) is 31.2. The van der Waals surface area contributed by atoms with Crippen molar-refractivity contribution in [1.29, 1.82) is 0 Å². The van der Waals surface area contributed by atoms with E-state index >= 15 is 0 Å². The first-order valence-electron chi connectivity index (χ1n) is 13.0. The smallest absolute Gasteiger partial charge is 0.239 e. The van der Waals surface area contributed by atoms with Crippen molar-refractivity contribution in [2.24, 2.45) is 0 Å². The van der Waals surface area contributed by atoms with Gasteiger partial charge in [-0.1, -0.05) is 0 Å². The van der Waals surface area contributed by atoms with Crippen LogP contribution in [0.25, 0.3) is 22.3 Å². The summed E-state index contributed by atoms with van der Waals surface area (Å²) in [5.74, 6) is -2.07. The summed E-state index contributed by atoms with van der Waals surface area (Å²) < 4.78 is 27.8. The quantitative estimate of drug-likeness (QED) is 0.133. The molecule has 0 radical (unpaired) electrons. The van der Waals surface area contributed by atoms with Gasteiger partial charge in [0.1, 0.15) is 77.0 Å². The second kappa shape index (κ2) is 12.2. The van der Waals surface area contributed by atoms with Crippen LogP contribution in [0.15, 0.2) is 45.6 Å². The third-order valence-electron chi connectivity index (χ3n) is 7.22. The Hall–Kier alpha value is -3.55. The standard InChI is InChI=1S/C27H30O16/c28-7-14-17(32)20(35)22(37)26(41-14)39-8-15-18(33)21(36)23(38)27(42-15)43-25-19(34)16-12(31)5-11(30)6-13(16)40-24(25)9-1-3-10(29)4-2-9/h1-6,14-15,17-18,20-23,26-33,35-38H,7-8H2/t14-,15-,17-,18-,20+,21+,22-,23-,26-,27+/m1/s1. The number of aromatic hydroxyl groups is 3. The van der Waals surface area contributed by atoms with Crippen LogP contribution in [0.4, 0.5) is 0 Å². The zero-order valence-electron chi connectivity index (χ0n) is 22.1. The van der Waals surface area contributed by atoms with Crippen molar-refractivity contribution in [3.63, 3.8) is 0 Å². The number of phenolic OH excluding ortho intramolecular Hbond substituents is 3. The van der Waals surface area contributed by atoms with Gasteiger partial charge in [0.2, 0.25) is 17.5 Å². The van der Waals surface area contributed by atoms with Crippen LogP contribution in [0.3, 0.4) is 0 Å². The lowest BCUT2D eigenvalue weighted by atomic mass is 9.98. The molecule has 2 aromatic carbocycles. The van der Waals surface area contributed by atoms with Crippen LogP contribution in [-0.4, -0.2) is 126 Å². The Labute approximate surface area is 241 Å². The minimum Gasteiger partial charge on any atom is -0.508 e. The number of hydrogen-bond acceptors (Lipinski definition) is 16. The molecule has 1 aromatic heterocycles. The minimum atomic E-state index is -1.95. The molecule has 0 unspecified atom stereocenters. The lowest BCUT2D eigenvalue weighted by Gasteiger charge is -2.42. The average Bonchev–Trinajstić information content (AvgIpc) is 2.97. The van der Waals surface area contributed by atoms with Crippen molar-refractivity contribution in [1.82, 2.24) is 0 Å². The predicted octanol–water partition coefficient (Wildman–Crippen LogP) is -2.42. The first kappa shape index (κ1) is 30.9. The van der Waals surface area contributed by atoms with E-state index in [1.165, 1.54) is 24.3 Å². The molecule has 5 rings (SSSR count). The molecule has 3 heterocycles. The van der Waals surface area contributed by atoms with Gasteiger partial charge >= 0.3 is 0 Å². The predicted molar refractivity (Wildman–Crippen MR) is 140 cm³/mol. The minimum absolute atomic E-state index is 0.116. The Kier molecular flexibility index (Phi) is 8.77. The molecule has 2 fully saturated rings. The van der Waals surface area contributed by atoms with Gasteiger partial charge in [0.25, 0.3) is 0 Å². The highest BCUT2D eigenvalue weighted by Crippen LogP contribution is 2.37. The number of rotatable bonds is 7. The molecule has 43 heavy (non-hydrogen) atoms. The van der Waals surface area contributed by atoms with Crippen molar-refractivity contribution in [2.75, 3.05) is 13.2 Å². The molecule has 2 aliphatic rings. The van der Waals surface area contributed by atoms with E-state index in [4.69, 9.17) is 23.4 Å². The maximum absolute atomic E-state index is 13.6. The van der Waals surface area contributed by atoms with E-state index < -0.39 is 103 Å². The third kappa shape index (κ3) is 5.85. The molecule has 0 amide bonds. The van der Waals surface area contributed by atoms with Crippen molar-refractivity contribution in [2.45, 2.75) is 61.4 Å². The molecule has 0 bridgehead atoms. The molecule has 16 heteroatoms. The van der Waals surface area contributed by atoms with E-state index in [1.54, 1.807) is 0 Å². The van der Waals surface area contributed by atoms with Gasteiger partial charge in [0, 0.05) is 17.7 Å². The SMILES string of the molecule is O=c1c(O[C@@H]2O[C@H](CO[C@@H]3O[C@H](CO)[C@@H](O)[C@H](O)[C@H]3O)[C@@H](O)[C@H](O)[C@H]2O)c(-c2ccc(O)cc2)oc2cc(O)cc(O)c12. The Morgan fingerprint density at radius 1 is 0.721 bits per heavy atom. The maximum atomic E-state index is 13.6. The molecular formula is C27H30O16. The van der Waals surface area contributed by atoms with Gasteiger partial charge in [-0.2, -0.15) is 0 Å². The Morgan fingerprint density at radius 2 is 1.33 bits per heavy atom. The normalized spacial score (nSPS) is 33.0. The number of fused-ring (bicyclic) bond motifs is 1. The van der Waals surface area contributed by atoms with Gasteiger partial charge in [-0.15, -0.1) is 0 Å². The van der Waals surface area contributed by atoms with Crippen LogP contribution < -0.4 is 10.2 Å². The van der Waals surface area contributed by atoms with Crippen molar-refractivity contribution < 1.29 is 74.4 Å². The second-order valence-electron chi connectivity index (χ2n) is 10.1. The highest BCUT2D eigenvalue weighted by Gasteiger charge is 2.48. The highest BCUT2D eigenvalue weighted by molar-refractivity contribution is 5.88. The summed E-state index contributed by atoms with van der Waals surface area (Å²) in [6.45, 7) is -1.37. The number of benzene rings is 2. The molecule has 0 saturated carbocycles. The number of ether oxygens (including phenoxy) is 4. The summed E-state index contributed by atoms with van der Waals surface area (Å²) in [5.41, 5.74) is -1.01. The fraction of sp³-hybridized carbons (Fsp3) is 0.444. The molecule has 0 aliphatic carbocycles. The van der Waals surface area contributed by atoms with Crippen LogP contribution in [0.2, 0.25) is 0 Å². The summed E-state index contributed by atoms with van der Waals surface area (Å²) in [6.07, 6.45) is -17.1. The third-order valence-corrected chi connectivity index (χ3v) is 7.22. The van der Waals surface area contributed by atoms with Gasteiger partial charge in [-0.3, -0.25) is 4.79 Å². The monoisotopic (exact) mass is 610 g/mol. The Morgan fingerprint density at radius 3 is 1.98 bits per heavy atom. The number of hydrogen-bond donors (Lipinski definition) is 10. The molecule has 234 valence electrons. The van der Waals surface area contributed by atoms with E-state index in [1.807, 2.05) is 0 Å². The van der Waals surface area contributed by atoms with Crippen LogP contribution in [0.1, 0.15) is 0 Å². The molecular weight excluding hydrogens is 580 g/mol. The van der Waals surface area contributed by atoms with E-state index in [0.29, 0.717) is 0 Å². The lowest BCUT2D eigenvalue weighted by molar-refractivity contribution is -0.323. The molecule has 2 saturated heterocycles. The van der Waals surface area contributed by atoms with Crippen LogP contribution in [-0.2, 0) is 14.2 Å². The van der Waals surface area contributed by atoms with Gasteiger partial charge in [-0.05, 0) is 24.3 Å². The van der Waals surface area contributed by atoms with Gasteiger partial charge in [-0.25, -0.2) is 0 Å². The number of aliphatic hydroxyl groups excluding tert-OH is 7. The van der Waals surface area contributed by atoms with E-state index in [9.17, 15) is 55.9 Å². The fourth-order valence-electron chi connectivity index (χ4n) is 4.84.